The molecule has 0 spiro atoms. The number of nitrogens with zero attached hydrogens (tertiary/aromatic N) is 3. The van der Waals surface area contributed by atoms with E-state index < -0.39 is 0 Å². The van der Waals surface area contributed by atoms with E-state index in [2.05, 4.69) is 22.5 Å². The SMILES string of the molecule is CCN=c1scc(-c2cc(OC)ccc2OC)n1N=C(C)Cc1ccc(OC)cc1. The summed E-state index contributed by atoms with van der Waals surface area (Å²) in [5.74, 6) is 2.36. The van der Waals surface area contributed by atoms with Crippen molar-refractivity contribution in [3.8, 4) is 28.5 Å². The highest BCUT2D eigenvalue weighted by Gasteiger charge is 2.14. The molecule has 0 aliphatic rings. The predicted molar refractivity (Wildman–Crippen MR) is 122 cm³/mol. The molecular formula is C23H27N3O3S. The van der Waals surface area contributed by atoms with Crippen LogP contribution in [0.3, 0.4) is 0 Å². The third kappa shape index (κ3) is 4.91. The average Bonchev–Trinajstić information content (AvgIpc) is 3.15. The summed E-state index contributed by atoms with van der Waals surface area (Å²) in [6.07, 6.45) is 0.729. The molecule has 0 aliphatic heterocycles. The smallest absolute Gasteiger partial charge is 0.206 e. The summed E-state index contributed by atoms with van der Waals surface area (Å²) in [6.45, 7) is 4.73. The average molecular weight is 426 g/mol. The Labute approximate surface area is 181 Å². The summed E-state index contributed by atoms with van der Waals surface area (Å²) >= 11 is 1.56. The van der Waals surface area contributed by atoms with Crippen LogP contribution in [0.4, 0.5) is 0 Å². The van der Waals surface area contributed by atoms with E-state index in [9.17, 15) is 0 Å². The lowest BCUT2D eigenvalue weighted by molar-refractivity contribution is 0.404. The number of hydrogen-bond donors (Lipinski definition) is 0. The molecule has 1 heterocycles. The standard InChI is InChI=1S/C23H27N3O3S/c1-6-24-23-26(25-16(2)13-17-7-9-18(27-3)10-8-17)21(15-30-23)20-14-19(28-4)11-12-22(20)29-5/h7-12,14-15H,6,13H2,1-5H3. The van der Waals surface area contributed by atoms with Crippen LogP contribution in [0.5, 0.6) is 17.2 Å². The first-order valence-electron chi connectivity index (χ1n) is 9.70. The second kappa shape index (κ2) is 10.1. The van der Waals surface area contributed by atoms with Gasteiger partial charge in [-0.3, -0.25) is 4.99 Å². The molecule has 0 amide bonds. The molecule has 0 unspecified atom stereocenters. The Morgan fingerprint density at radius 1 is 0.967 bits per heavy atom. The Hall–Kier alpha value is -3.06. The summed E-state index contributed by atoms with van der Waals surface area (Å²) in [5.41, 5.74) is 3.96. The number of thiazole rings is 1. The van der Waals surface area contributed by atoms with E-state index in [4.69, 9.17) is 19.3 Å². The first-order chi connectivity index (χ1) is 14.6. The maximum Gasteiger partial charge on any atom is 0.206 e. The normalized spacial score (nSPS) is 12.2. The highest BCUT2D eigenvalue weighted by atomic mass is 32.1. The van der Waals surface area contributed by atoms with Crippen LogP contribution in [0.25, 0.3) is 11.3 Å². The van der Waals surface area contributed by atoms with Crippen molar-refractivity contribution in [2.45, 2.75) is 20.3 Å². The van der Waals surface area contributed by atoms with Crippen molar-refractivity contribution < 1.29 is 14.2 Å². The van der Waals surface area contributed by atoms with E-state index in [0.29, 0.717) is 6.54 Å². The summed E-state index contributed by atoms with van der Waals surface area (Å²) in [4.78, 5) is 5.46. The van der Waals surface area contributed by atoms with Gasteiger partial charge in [-0.1, -0.05) is 12.1 Å². The van der Waals surface area contributed by atoms with Gasteiger partial charge in [0.1, 0.15) is 17.2 Å². The first-order valence-corrected chi connectivity index (χ1v) is 10.6. The molecule has 3 aromatic rings. The second-order valence-electron chi connectivity index (χ2n) is 6.62. The fraction of sp³-hybridized carbons (Fsp3) is 0.304. The first kappa shape index (κ1) is 21.6. The van der Waals surface area contributed by atoms with Crippen LogP contribution in [0.2, 0.25) is 0 Å². The highest BCUT2D eigenvalue weighted by molar-refractivity contribution is 7.07. The minimum absolute atomic E-state index is 0.683. The van der Waals surface area contributed by atoms with E-state index >= 15 is 0 Å². The highest BCUT2D eigenvalue weighted by Crippen LogP contribution is 2.33. The fourth-order valence-corrected chi connectivity index (χ4v) is 3.97. The predicted octanol–water partition coefficient (Wildman–Crippen LogP) is 4.63. The van der Waals surface area contributed by atoms with Gasteiger partial charge in [-0.2, -0.15) is 5.10 Å². The number of ether oxygens (including phenoxy) is 3. The molecule has 0 atom stereocenters. The lowest BCUT2D eigenvalue weighted by Crippen LogP contribution is -2.15. The van der Waals surface area contributed by atoms with E-state index in [0.717, 1.165) is 45.4 Å². The minimum atomic E-state index is 0.683. The lowest BCUT2D eigenvalue weighted by atomic mass is 10.1. The molecule has 0 aliphatic carbocycles. The van der Waals surface area contributed by atoms with Crippen molar-refractivity contribution in [1.82, 2.24) is 4.68 Å². The van der Waals surface area contributed by atoms with Crippen molar-refractivity contribution in [1.29, 1.82) is 0 Å². The van der Waals surface area contributed by atoms with Gasteiger partial charge in [-0.15, -0.1) is 11.3 Å². The third-order valence-corrected chi connectivity index (χ3v) is 5.41. The summed E-state index contributed by atoms with van der Waals surface area (Å²) < 4.78 is 18.1. The molecule has 158 valence electrons. The monoisotopic (exact) mass is 425 g/mol. The molecule has 0 bridgehead atoms. The van der Waals surface area contributed by atoms with Crippen LogP contribution >= 0.6 is 11.3 Å². The maximum absolute atomic E-state index is 5.59. The molecule has 30 heavy (non-hydrogen) atoms. The van der Waals surface area contributed by atoms with Gasteiger partial charge in [0.15, 0.2) is 0 Å². The molecule has 0 saturated heterocycles. The second-order valence-corrected chi connectivity index (χ2v) is 7.45. The number of methoxy groups -OCH3 is 3. The zero-order valence-electron chi connectivity index (χ0n) is 18.0. The molecule has 0 saturated carbocycles. The van der Waals surface area contributed by atoms with E-state index in [1.54, 1.807) is 32.7 Å². The maximum atomic E-state index is 5.59. The number of hydrogen-bond acceptors (Lipinski definition) is 6. The van der Waals surface area contributed by atoms with Gasteiger partial charge < -0.3 is 14.2 Å². The summed E-state index contributed by atoms with van der Waals surface area (Å²) in [7, 11) is 4.99. The van der Waals surface area contributed by atoms with Gasteiger partial charge in [0.25, 0.3) is 0 Å². The zero-order chi connectivity index (χ0) is 21.5. The molecule has 1 aromatic heterocycles. The minimum Gasteiger partial charge on any atom is -0.497 e. The van der Waals surface area contributed by atoms with Crippen LogP contribution < -0.4 is 19.0 Å². The van der Waals surface area contributed by atoms with Crippen LogP contribution in [-0.2, 0) is 6.42 Å². The van der Waals surface area contributed by atoms with Crippen molar-refractivity contribution >= 4 is 17.0 Å². The summed E-state index contributed by atoms with van der Waals surface area (Å²) in [6, 6.07) is 13.8. The molecular weight excluding hydrogens is 398 g/mol. The topological polar surface area (TPSA) is 57.3 Å². The molecule has 0 radical (unpaired) electrons. The van der Waals surface area contributed by atoms with E-state index in [-0.39, 0.29) is 0 Å². The lowest BCUT2D eigenvalue weighted by Gasteiger charge is -2.12. The number of benzene rings is 2. The van der Waals surface area contributed by atoms with Gasteiger partial charge in [0.05, 0.1) is 27.0 Å². The number of aromatic nitrogens is 1. The molecule has 2 aromatic carbocycles. The third-order valence-electron chi connectivity index (χ3n) is 4.55. The molecule has 3 rings (SSSR count). The van der Waals surface area contributed by atoms with E-state index in [1.807, 2.05) is 48.9 Å². The van der Waals surface area contributed by atoms with E-state index in [1.165, 1.54) is 5.56 Å². The fourth-order valence-electron chi connectivity index (χ4n) is 3.08. The van der Waals surface area contributed by atoms with Crippen molar-refractivity contribution in [2.75, 3.05) is 27.9 Å². The molecule has 6 nitrogen and oxygen atoms in total. The van der Waals surface area contributed by atoms with Gasteiger partial charge in [-0.25, -0.2) is 4.68 Å². The Balaban J connectivity index is 2.04. The molecule has 0 fully saturated rings. The largest absolute Gasteiger partial charge is 0.497 e. The van der Waals surface area contributed by atoms with Crippen molar-refractivity contribution in [2.24, 2.45) is 10.1 Å². The van der Waals surface area contributed by atoms with Crippen LogP contribution in [-0.4, -0.2) is 38.3 Å². The Kier molecular flexibility index (Phi) is 7.30. The summed E-state index contributed by atoms with van der Waals surface area (Å²) in [5, 5.41) is 6.96. The number of rotatable bonds is 8. The van der Waals surface area contributed by atoms with Crippen molar-refractivity contribution in [3.63, 3.8) is 0 Å². The quantitative estimate of drug-likeness (QED) is 0.495. The Morgan fingerprint density at radius 3 is 2.30 bits per heavy atom. The van der Waals surface area contributed by atoms with Gasteiger partial charge >= 0.3 is 0 Å². The van der Waals surface area contributed by atoms with Crippen LogP contribution in [0.1, 0.15) is 19.4 Å². The van der Waals surface area contributed by atoms with Crippen molar-refractivity contribution in [3.05, 3.63) is 58.2 Å². The van der Waals surface area contributed by atoms with Crippen LogP contribution in [0, 0.1) is 0 Å². The van der Waals surface area contributed by atoms with Crippen LogP contribution in [0.15, 0.2) is 57.9 Å². The molecule has 0 N–H and O–H groups in total. The van der Waals surface area contributed by atoms with Gasteiger partial charge in [0.2, 0.25) is 4.80 Å². The van der Waals surface area contributed by atoms with Gasteiger partial charge in [-0.05, 0) is 49.7 Å². The Bertz CT molecular complexity index is 1080. The molecule has 7 heteroatoms. The zero-order valence-corrected chi connectivity index (χ0v) is 18.8. The van der Waals surface area contributed by atoms with Gasteiger partial charge in [0, 0.05) is 29.6 Å². The Morgan fingerprint density at radius 2 is 1.67 bits per heavy atom.